The van der Waals surface area contributed by atoms with E-state index in [0.29, 0.717) is 0 Å². The van der Waals surface area contributed by atoms with Gasteiger partial charge < -0.3 is 5.32 Å². The number of pyridine rings is 1. The number of hydrogen-bond acceptors (Lipinski definition) is 4. The van der Waals surface area contributed by atoms with Gasteiger partial charge in [0.25, 0.3) is 0 Å². The lowest BCUT2D eigenvalue weighted by Crippen LogP contribution is -2.27. The summed E-state index contributed by atoms with van der Waals surface area (Å²) in [4.78, 5) is 4.29. The molecule has 5 nitrogen and oxygen atoms in total. The van der Waals surface area contributed by atoms with Gasteiger partial charge in [0.1, 0.15) is 0 Å². The fourth-order valence-electron chi connectivity index (χ4n) is 2.44. The smallest absolute Gasteiger partial charge is 0.241 e. The molecule has 1 aliphatic heterocycles. The zero-order valence-corrected chi connectivity index (χ0v) is 12.5. The van der Waals surface area contributed by atoms with Crippen LogP contribution >= 0.6 is 0 Å². The van der Waals surface area contributed by atoms with Gasteiger partial charge in [0.15, 0.2) is 0 Å². The van der Waals surface area contributed by atoms with Crippen molar-refractivity contribution in [3.8, 4) is 0 Å². The lowest BCUT2D eigenvalue weighted by molar-refractivity contribution is 0.566. The van der Waals surface area contributed by atoms with Gasteiger partial charge in [-0.25, -0.2) is 13.1 Å². The van der Waals surface area contributed by atoms with Crippen LogP contribution in [0.3, 0.4) is 0 Å². The van der Waals surface area contributed by atoms with Gasteiger partial charge in [0, 0.05) is 30.7 Å². The van der Waals surface area contributed by atoms with E-state index in [4.69, 9.17) is 0 Å². The molecule has 2 N–H and O–H groups in total. The zero-order valence-electron chi connectivity index (χ0n) is 11.7. The van der Waals surface area contributed by atoms with E-state index in [0.717, 1.165) is 29.8 Å². The van der Waals surface area contributed by atoms with Crippen LogP contribution in [0.25, 0.3) is 0 Å². The molecule has 21 heavy (non-hydrogen) atoms. The first kappa shape index (κ1) is 14.0. The number of anilines is 1. The molecule has 0 bridgehead atoms. The second-order valence-corrected chi connectivity index (χ2v) is 6.84. The van der Waals surface area contributed by atoms with Crippen LogP contribution in [0, 0.1) is 0 Å². The first-order valence-corrected chi connectivity index (χ1v) is 8.34. The number of benzene rings is 1. The Kier molecular flexibility index (Phi) is 3.65. The lowest BCUT2D eigenvalue weighted by Gasteiger charge is -2.15. The van der Waals surface area contributed by atoms with Crippen LogP contribution in [0.2, 0.25) is 0 Å². The molecule has 1 aliphatic rings. The molecule has 0 spiro atoms. The van der Waals surface area contributed by atoms with E-state index in [-0.39, 0.29) is 10.9 Å². The molecule has 0 fully saturated rings. The summed E-state index contributed by atoms with van der Waals surface area (Å²) in [5.74, 6) is 0. The lowest BCUT2D eigenvalue weighted by atomic mass is 10.2. The second-order valence-electron chi connectivity index (χ2n) is 5.13. The van der Waals surface area contributed by atoms with Gasteiger partial charge in [-0.2, -0.15) is 0 Å². The molecular formula is C15H17N3O2S. The highest BCUT2D eigenvalue weighted by Crippen LogP contribution is 2.26. The molecule has 3 rings (SSSR count). The van der Waals surface area contributed by atoms with Gasteiger partial charge in [-0.1, -0.05) is 12.1 Å². The Hall–Kier alpha value is -1.92. The topological polar surface area (TPSA) is 71.1 Å². The maximum Gasteiger partial charge on any atom is 0.241 e. The largest absolute Gasteiger partial charge is 0.384 e. The number of hydrogen-bond donors (Lipinski definition) is 2. The minimum absolute atomic E-state index is 0.284. The molecule has 1 atom stereocenters. The van der Waals surface area contributed by atoms with E-state index >= 15 is 0 Å². The van der Waals surface area contributed by atoms with Gasteiger partial charge in [-0.05, 0) is 42.7 Å². The van der Waals surface area contributed by atoms with Crippen molar-refractivity contribution >= 4 is 15.7 Å². The number of nitrogens with zero attached hydrogens (tertiary/aromatic N) is 1. The van der Waals surface area contributed by atoms with Gasteiger partial charge in [-0.15, -0.1) is 0 Å². The number of sulfonamides is 1. The number of rotatable bonds is 4. The summed E-state index contributed by atoms with van der Waals surface area (Å²) >= 11 is 0. The van der Waals surface area contributed by atoms with Crippen LogP contribution in [0.5, 0.6) is 0 Å². The van der Waals surface area contributed by atoms with Crippen molar-refractivity contribution in [3.05, 3.63) is 53.9 Å². The first-order chi connectivity index (χ1) is 10.1. The average Bonchev–Trinajstić information content (AvgIpc) is 2.95. The van der Waals surface area contributed by atoms with Gasteiger partial charge in [-0.3, -0.25) is 4.98 Å². The zero-order chi connectivity index (χ0) is 14.9. The van der Waals surface area contributed by atoms with Crippen molar-refractivity contribution in [2.45, 2.75) is 24.3 Å². The molecule has 0 saturated heterocycles. The standard InChI is InChI=1S/C15H17N3O2S/c1-11(13-3-2-7-16-10-13)18-21(19,20)14-5-4-12-6-8-17-15(12)9-14/h2-5,7,9-11,17-18H,6,8H2,1H3. The van der Waals surface area contributed by atoms with Crippen LogP contribution < -0.4 is 10.0 Å². The highest BCUT2D eigenvalue weighted by molar-refractivity contribution is 7.89. The molecule has 0 amide bonds. The van der Waals surface area contributed by atoms with Crippen molar-refractivity contribution < 1.29 is 8.42 Å². The van der Waals surface area contributed by atoms with Crippen molar-refractivity contribution in [1.82, 2.24) is 9.71 Å². The quantitative estimate of drug-likeness (QED) is 0.907. The van der Waals surface area contributed by atoms with Crippen molar-refractivity contribution in [2.75, 3.05) is 11.9 Å². The Morgan fingerprint density at radius 3 is 2.95 bits per heavy atom. The third-order valence-corrected chi connectivity index (χ3v) is 5.16. The highest BCUT2D eigenvalue weighted by atomic mass is 32.2. The van der Waals surface area contributed by atoms with E-state index in [9.17, 15) is 8.42 Å². The summed E-state index contributed by atoms with van der Waals surface area (Å²) in [6.45, 7) is 2.67. The Labute approximate surface area is 124 Å². The average molecular weight is 303 g/mol. The summed E-state index contributed by atoms with van der Waals surface area (Å²) < 4.78 is 27.6. The maximum absolute atomic E-state index is 12.5. The van der Waals surface area contributed by atoms with Gasteiger partial charge in [0.2, 0.25) is 10.0 Å². The van der Waals surface area contributed by atoms with Crippen molar-refractivity contribution in [3.63, 3.8) is 0 Å². The first-order valence-electron chi connectivity index (χ1n) is 6.85. The molecule has 0 aliphatic carbocycles. The summed E-state index contributed by atoms with van der Waals surface area (Å²) in [7, 11) is -3.55. The summed E-state index contributed by atoms with van der Waals surface area (Å²) in [5.41, 5.74) is 2.90. The second kappa shape index (κ2) is 5.46. The van der Waals surface area contributed by atoms with Crippen LogP contribution in [-0.4, -0.2) is 19.9 Å². The summed E-state index contributed by atoms with van der Waals surface area (Å²) in [5, 5.41) is 3.20. The highest BCUT2D eigenvalue weighted by Gasteiger charge is 2.21. The van der Waals surface area contributed by atoms with Crippen LogP contribution in [0.15, 0.2) is 47.6 Å². The number of aromatic nitrogens is 1. The number of nitrogens with one attached hydrogen (secondary N) is 2. The molecule has 2 aromatic rings. The van der Waals surface area contributed by atoms with E-state index in [1.807, 2.05) is 12.1 Å². The van der Waals surface area contributed by atoms with Crippen LogP contribution in [0.4, 0.5) is 5.69 Å². The van der Waals surface area contributed by atoms with Gasteiger partial charge >= 0.3 is 0 Å². The number of fused-ring (bicyclic) bond motifs is 1. The molecule has 1 aromatic carbocycles. The SMILES string of the molecule is CC(NS(=O)(=O)c1ccc2c(c1)NCC2)c1cccnc1. The van der Waals surface area contributed by atoms with Gasteiger partial charge in [0.05, 0.1) is 4.90 Å². The fraction of sp³-hybridized carbons (Fsp3) is 0.267. The van der Waals surface area contributed by atoms with Crippen LogP contribution in [-0.2, 0) is 16.4 Å². The van der Waals surface area contributed by atoms with E-state index in [2.05, 4.69) is 15.0 Å². The molecule has 1 aromatic heterocycles. The molecular weight excluding hydrogens is 286 g/mol. The van der Waals surface area contributed by atoms with E-state index in [1.165, 1.54) is 0 Å². The Bertz CT molecular complexity index is 745. The summed E-state index contributed by atoms with van der Waals surface area (Å²) in [6, 6.07) is 8.54. The van der Waals surface area contributed by atoms with Crippen molar-refractivity contribution in [1.29, 1.82) is 0 Å². The Morgan fingerprint density at radius 1 is 1.33 bits per heavy atom. The maximum atomic E-state index is 12.5. The molecule has 2 heterocycles. The normalized spacial score (nSPS) is 15.3. The minimum atomic E-state index is -3.55. The monoisotopic (exact) mass is 303 g/mol. The van der Waals surface area contributed by atoms with E-state index < -0.39 is 10.0 Å². The van der Waals surface area contributed by atoms with Crippen molar-refractivity contribution in [2.24, 2.45) is 0 Å². The molecule has 1 unspecified atom stereocenters. The minimum Gasteiger partial charge on any atom is -0.384 e. The predicted molar refractivity (Wildman–Crippen MR) is 81.6 cm³/mol. The third-order valence-electron chi connectivity index (χ3n) is 3.62. The Morgan fingerprint density at radius 2 is 2.19 bits per heavy atom. The molecule has 110 valence electrons. The van der Waals surface area contributed by atoms with E-state index in [1.54, 1.807) is 37.5 Å². The predicted octanol–water partition coefficient (Wildman–Crippen LogP) is 2.09. The fourth-order valence-corrected chi connectivity index (χ4v) is 3.70. The third kappa shape index (κ3) is 2.91. The van der Waals surface area contributed by atoms with Crippen LogP contribution in [0.1, 0.15) is 24.1 Å². The summed E-state index contributed by atoms with van der Waals surface area (Å²) in [6.07, 6.45) is 4.27. The molecule has 6 heteroatoms. The molecule has 0 radical (unpaired) electrons. The molecule has 0 saturated carbocycles. The Balaban J connectivity index is 1.84.